The molecule has 1 amide bonds. The Morgan fingerprint density at radius 3 is 2.03 bits per heavy atom. The van der Waals surface area contributed by atoms with E-state index in [1.54, 1.807) is 0 Å². The number of benzene rings is 3. The quantitative estimate of drug-likeness (QED) is 0.424. The summed E-state index contributed by atoms with van der Waals surface area (Å²) in [5.41, 5.74) is 5.39. The van der Waals surface area contributed by atoms with Crippen molar-refractivity contribution in [3.63, 3.8) is 0 Å². The number of nitrogens with one attached hydrogen (secondary N) is 1. The van der Waals surface area contributed by atoms with Gasteiger partial charge in [-0.3, -0.25) is 0 Å². The molecule has 0 aromatic heterocycles. The second-order valence-electron chi connectivity index (χ2n) is 7.27. The second kappa shape index (κ2) is 9.67. The summed E-state index contributed by atoms with van der Waals surface area (Å²) < 4.78 is 10.7. The van der Waals surface area contributed by atoms with Crippen molar-refractivity contribution in [1.82, 2.24) is 5.32 Å². The number of hydrogen-bond acceptors (Lipinski definition) is 4. The number of esters is 1. The molecule has 0 spiro atoms. The van der Waals surface area contributed by atoms with E-state index < -0.39 is 18.1 Å². The summed E-state index contributed by atoms with van der Waals surface area (Å²) in [6.07, 6.45) is -0.704. The first-order valence-corrected chi connectivity index (χ1v) is 10.6. The number of alkyl carbamates (subject to hydrolysis) is 1. The standard InChI is InChI=1S/C25H22ClNO4/c26-14-23(24(28)30-15-17-8-2-1-3-9-17)27-25(29)31-16-22-20-12-6-4-10-18(20)19-11-5-7-13-21(19)22/h1-13,22-23H,14-16H2,(H,27,29). The minimum atomic E-state index is -0.985. The Kier molecular flexibility index (Phi) is 6.53. The lowest BCUT2D eigenvalue weighted by atomic mass is 9.98. The van der Waals surface area contributed by atoms with E-state index in [0.717, 1.165) is 27.8 Å². The van der Waals surface area contributed by atoms with E-state index in [1.165, 1.54) is 0 Å². The van der Waals surface area contributed by atoms with Crippen LogP contribution in [0.3, 0.4) is 0 Å². The zero-order valence-electron chi connectivity index (χ0n) is 16.8. The van der Waals surface area contributed by atoms with Crippen LogP contribution in [0.25, 0.3) is 11.1 Å². The summed E-state index contributed by atoms with van der Waals surface area (Å²) in [5.74, 6) is -0.775. The maximum absolute atomic E-state index is 12.4. The minimum absolute atomic E-state index is 0.0577. The van der Waals surface area contributed by atoms with Gasteiger partial charge in [-0.1, -0.05) is 78.9 Å². The highest BCUT2D eigenvalue weighted by molar-refractivity contribution is 6.19. The number of alkyl halides is 1. The van der Waals surface area contributed by atoms with E-state index >= 15 is 0 Å². The molecule has 0 heterocycles. The summed E-state index contributed by atoms with van der Waals surface area (Å²) >= 11 is 5.88. The van der Waals surface area contributed by atoms with Gasteiger partial charge in [0.05, 0.1) is 5.88 Å². The van der Waals surface area contributed by atoms with Crippen molar-refractivity contribution >= 4 is 23.7 Å². The fourth-order valence-corrected chi connectivity index (χ4v) is 3.98. The van der Waals surface area contributed by atoms with Gasteiger partial charge in [0.1, 0.15) is 19.3 Å². The Bertz CT molecular complexity index is 1020. The molecule has 1 aliphatic carbocycles. The van der Waals surface area contributed by atoms with Crippen LogP contribution in [-0.4, -0.2) is 30.6 Å². The third kappa shape index (κ3) is 4.72. The number of carbonyl (C=O) groups is 2. The van der Waals surface area contributed by atoms with Gasteiger partial charge in [0.15, 0.2) is 0 Å². The molecule has 0 bridgehead atoms. The fourth-order valence-electron chi connectivity index (χ4n) is 3.77. The van der Waals surface area contributed by atoms with E-state index in [9.17, 15) is 9.59 Å². The lowest BCUT2D eigenvalue weighted by Crippen LogP contribution is -2.43. The van der Waals surface area contributed by atoms with E-state index in [1.807, 2.05) is 66.7 Å². The molecule has 0 aliphatic heterocycles. The zero-order valence-corrected chi connectivity index (χ0v) is 17.5. The first-order valence-electron chi connectivity index (χ1n) is 10.1. The van der Waals surface area contributed by atoms with Gasteiger partial charge in [-0.2, -0.15) is 0 Å². The van der Waals surface area contributed by atoms with Crippen LogP contribution in [0.2, 0.25) is 0 Å². The lowest BCUT2D eigenvalue weighted by molar-refractivity contribution is -0.146. The SMILES string of the molecule is O=C(NC(CCl)C(=O)OCc1ccccc1)OCC1c2ccccc2-c2ccccc21. The molecule has 3 aromatic rings. The Labute approximate surface area is 185 Å². The van der Waals surface area contributed by atoms with Gasteiger partial charge in [0, 0.05) is 5.92 Å². The van der Waals surface area contributed by atoms with E-state index in [-0.39, 0.29) is 25.0 Å². The summed E-state index contributed by atoms with van der Waals surface area (Å²) in [4.78, 5) is 24.7. The molecule has 31 heavy (non-hydrogen) atoms. The summed E-state index contributed by atoms with van der Waals surface area (Å²) in [7, 11) is 0. The Morgan fingerprint density at radius 1 is 0.839 bits per heavy atom. The van der Waals surface area contributed by atoms with Crippen LogP contribution < -0.4 is 5.32 Å². The smallest absolute Gasteiger partial charge is 0.407 e. The average Bonchev–Trinajstić information content (AvgIpc) is 3.14. The van der Waals surface area contributed by atoms with Crippen LogP contribution in [0.1, 0.15) is 22.6 Å². The predicted octanol–water partition coefficient (Wildman–Crippen LogP) is 4.88. The third-order valence-electron chi connectivity index (χ3n) is 5.30. The summed E-state index contributed by atoms with van der Waals surface area (Å²) in [6.45, 7) is 0.271. The number of carbonyl (C=O) groups excluding carboxylic acids is 2. The van der Waals surface area contributed by atoms with Crippen molar-refractivity contribution in [2.45, 2.75) is 18.6 Å². The van der Waals surface area contributed by atoms with Crippen LogP contribution in [0.5, 0.6) is 0 Å². The Hall–Kier alpha value is -3.31. The first-order chi connectivity index (χ1) is 15.2. The van der Waals surface area contributed by atoms with Gasteiger partial charge in [-0.05, 0) is 27.8 Å². The monoisotopic (exact) mass is 435 g/mol. The van der Waals surface area contributed by atoms with Gasteiger partial charge in [0.2, 0.25) is 0 Å². The lowest BCUT2D eigenvalue weighted by Gasteiger charge is -2.17. The van der Waals surface area contributed by atoms with Gasteiger partial charge in [0.25, 0.3) is 0 Å². The van der Waals surface area contributed by atoms with Gasteiger partial charge >= 0.3 is 12.1 Å². The number of amides is 1. The van der Waals surface area contributed by atoms with Crippen molar-refractivity contribution in [2.75, 3.05) is 12.5 Å². The maximum atomic E-state index is 12.4. The molecule has 5 nitrogen and oxygen atoms in total. The number of hydrogen-bond donors (Lipinski definition) is 1. The molecule has 1 aliphatic rings. The largest absolute Gasteiger partial charge is 0.459 e. The molecular weight excluding hydrogens is 414 g/mol. The number of fused-ring (bicyclic) bond motifs is 3. The minimum Gasteiger partial charge on any atom is -0.459 e. The molecule has 6 heteroatoms. The molecule has 1 N–H and O–H groups in total. The van der Waals surface area contributed by atoms with Gasteiger partial charge in [-0.25, -0.2) is 9.59 Å². The average molecular weight is 436 g/mol. The molecule has 4 rings (SSSR count). The topological polar surface area (TPSA) is 64.6 Å². The molecule has 0 saturated carbocycles. The maximum Gasteiger partial charge on any atom is 0.407 e. The number of rotatable bonds is 7. The van der Waals surface area contributed by atoms with Crippen LogP contribution in [0.15, 0.2) is 78.9 Å². The Morgan fingerprint density at radius 2 is 1.42 bits per heavy atom. The fraction of sp³-hybridized carbons (Fsp3) is 0.200. The van der Waals surface area contributed by atoms with Crippen LogP contribution in [0, 0.1) is 0 Å². The molecule has 1 unspecified atom stereocenters. The molecule has 0 fully saturated rings. The normalized spacial score (nSPS) is 13.1. The van der Waals surface area contributed by atoms with Crippen LogP contribution in [-0.2, 0) is 20.9 Å². The summed E-state index contributed by atoms with van der Waals surface area (Å²) in [6, 6.07) is 24.5. The Balaban J connectivity index is 1.35. The second-order valence-corrected chi connectivity index (χ2v) is 7.58. The van der Waals surface area contributed by atoms with Gasteiger partial charge < -0.3 is 14.8 Å². The van der Waals surface area contributed by atoms with E-state index in [4.69, 9.17) is 21.1 Å². The van der Waals surface area contributed by atoms with Crippen LogP contribution in [0.4, 0.5) is 4.79 Å². The van der Waals surface area contributed by atoms with Crippen LogP contribution >= 0.6 is 11.6 Å². The van der Waals surface area contributed by atoms with Crippen molar-refractivity contribution in [1.29, 1.82) is 0 Å². The van der Waals surface area contributed by atoms with Crippen molar-refractivity contribution in [2.24, 2.45) is 0 Å². The van der Waals surface area contributed by atoms with Crippen molar-refractivity contribution < 1.29 is 19.1 Å². The molecule has 3 aromatic carbocycles. The highest BCUT2D eigenvalue weighted by Gasteiger charge is 2.29. The van der Waals surface area contributed by atoms with E-state index in [0.29, 0.717) is 0 Å². The molecule has 1 atom stereocenters. The van der Waals surface area contributed by atoms with Crippen molar-refractivity contribution in [3.8, 4) is 11.1 Å². The van der Waals surface area contributed by atoms with E-state index in [2.05, 4.69) is 17.4 Å². The first kappa shape index (κ1) is 20.9. The zero-order chi connectivity index (χ0) is 21.6. The van der Waals surface area contributed by atoms with Crippen molar-refractivity contribution in [3.05, 3.63) is 95.6 Å². The molecule has 0 saturated heterocycles. The number of ether oxygens (including phenoxy) is 2. The summed E-state index contributed by atoms with van der Waals surface area (Å²) in [5, 5.41) is 2.51. The molecular formula is C25H22ClNO4. The highest BCUT2D eigenvalue weighted by Crippen LogP contribution is 2.44. The van der Waals surface area contributed by atoms with Gasteiger partial charge in [-0.15, -0.1) is 11.6 Å². The molecule has 158 valence electrons. The molecule has 0 radical (unpaired) electrons. The predicted molar refractivity (Wildman–Crippen MR) is 119 cm³/mol. The number of halogens is 1. The third-order valence-corrected chi connectivity index (χ3v) is 5.61. The highest BCUT2D eigenvalue weighted by atomic mass is 35.5.